The molecule has 0 heterocycles. The highest BCUT2D eigenvalue weighted by Gasteiger charge is 2.29. The van der Waals surface area contributed by atoms with Crippen molar-refractivity contribution in [3.8, 4) is 0 Å². The van der Waals surface area contributed by atoms with Crippen molar-refractivity contribution in [2.24, 2.45) is 0 Å². The number of hydrogen-bond donors (Lipinski definition) is 0. The van der Waals surface area contributed by atoms with E-state index in [-0.39, 0.29) is 5.91 Å². The Morgan fingerprint density at radius 1 is 1.42 bits per heavy atom. The zero-order chi connectivity index (χ0) is 13.7. The van der Waals surface area contributed by atoms with E-state index in [9.17, 15) is 4.79 Å². The van der Waals surface area contributed by atoms with E-state index >= 15 is 0 Å². The monoisotopic (exact) mass is 297 g/mol. The smallest absolute Gasteiger partial charge is 0.255 e. The van der Waals surface area contributed by atoms with E-state index in [0.717, 1.165) is 36.3 Å². The van der Waals surface area contributed by atoms with Crippen LogP contribution in [0.25, 0.3) is 0 Å². The standard InChI is InChI=1S/C15H20ClNOS/c1-19-14-9-3-2-8-13(14)15(18)17(11-5-10-16)12-6-4-7-12/h2-3,8-9,12H,4-7,10-11H2,1H3. The average molecular weight is 298 g/mol. The molecule has 0 saturated heterocycles. The molecule has 0 N–H and O–H groups in total. The van der Waals surface area contributed by atoms with E-state index < -0.39 is 0 Å². The molecule has 1 saturated carbocycles. The number of benzene rings is 1. The van der Waals surface area contributed by atoms with Crippen molar-refractivity contribution in [2.45, 2.75) is 36.6 Å². The van der Waals surface area contributed by atoms with Crippen LogP contribution in [0.1, 0.15) is 36.0 Å². The van der Waals surface area contributed by atoms with Crippen molar-refractivity contribution in [3.63, 3.8) is 0 Å². The molecular formula is C15H20ClNOS. The highest BCUT2D eigenvalue weighted by atomic mass is 35.5. The minimum Gasteiger partial charge on any atom is -0.336 e. The van der Waals surface area contributed by atoms with Gasteiger partial charge in [0, 0.05) is 23.4 Å². The highest BCUT2D eigenvalue weighted by molar-refractivity contribution is 7.98. The summed E-state index contributed by atoms with van der Waals surface area (Å²) in [5, 5.41) is 0. The summed E-state index contributed by atoms with van der Waals surface area (Å²) in [5.74, 6) is 0.778. The molecule has 1 aromatic carbocycles. The van der Waals surface area contributed by atoms with Gasteiger partial charge < -0.3 is 4.90 Å². The summed E-state index contributed by atoms with van der Waals surface area (Å²) in [6, 6.07) is 8.28. The number of rotatable bonds is 6. The number of carbonyl (C=O) groups excluding carboxylic acids is 1. The van der Waals surface area contributed by atoms with Crippen molar-refractivity contribution in [3.05, 3.63) is 29.8 Å². The van der Waals surface area contributed by atoms with Gasteiger partial charge in [-0.3, -0.25) is 4.79 Å². The van der Waals surface area contributed by atoms with Gasteiger partial charge in [0.05, 0.1) is 5.56 Å². The van der Waals surface area contributed by atoms with Crippen LogP contribution < -0.4 is 0 Å². The molecule has 19 heavy (non-hydrogen) atoms. The molecule has 104 valence electrons. The molecule has 2 rings (SSSR count). The number of nitrogens with zero attached hydrogens (tertiary/aromatic N) is 1. The van der Waals surface area contributed by atoms with Crippen molar-refractivity contribution in [1.29, 1.82) is 0 Å². The van der Waals surface area contributed by atoms with E-state index in [2.05, 4.69) is 0 Å². The molecule has 1 amide bonds. The van der Waals surface area contributed by atoms with Gasteiger partial charge in [0.2, 0.25) is 0 Å². The van der Waals surface area contributed by atoms with Crippen molar-refractivity contribution >= 4 is 29.3 Å². The number of thioether (sulfide) groups is 1. The lowest BCUT2D eigenvalue weighted by Crippen LogP contribution is -2.45. The third kappa shape index (κ3) is 3.46. The Labute approximate surface area is 124 Å². The predicted molar refractivity (Wildman–Crippen MR) is 82.2 cm³/mol. The van der Waals surface area contributed by atoms with Crippen molar-refractivity contribution in [1.82, 2.24) is 4.90 Å². The third-order valence-electron chi connectivity index (χ3n) is 3.65. The van der Waals surface area contributed by atoms with Gasteiger partial charge in [-0.2, -0.15) is 0 Å². The molecule has 0 bridgehead atoms. The number of halogens is 1. The Bertz CT molecular complexity index is 434. The number of alkyl halides is 1. The maximum atomic E-state index is 12.7. The van der Waals surface area contributed by atoms with Gasteiger partial charge in [0.25, 0.3) is 5.91 Å². The normalized spacial score (nSPS) is 15.1. The zero-order valence-electron chi connectivity index (χ0n) is 11.3. The summed E-state index contributed by atoms with van der Waals surface area (Å²) in [6.07, 6.45) is 6.38. The Balaban J connectivity index is 2.17. The Hall–Kier alpha value is -0.670. The van der Waals surface area contributed by atoms with Crippen LogP contribution in [0.5, 0.6) is 0 Å². The third-order valence-corrected chi connectivity index (χ3v) is 4.71. The number of hydrogen-bond acceptors (Lipinski definition) is 2. The summed E-state index contributed by atoms with van der Waals surface area (Å²) >= 11 is 7.41. The largest absolute Gasteiger partial charge is 0.336 e. The van der Waals surface area contributed by atoms with Gasteiger partial charge in [-0.1, -0.05) is 12.1 Å². The summed E-state index contributed by atoms with van der Waals surface area (Å²) in [4.78, 5) is 15.8. The first-order chi connectivity index (χ1) is 9.27. The minimum absolute atomic E-state index is 0.166. The molecule has 4 heteroatoms. The number of amides is 1. The van der Waals surface area contributed by atoms with Gasteiger partial charge in [-0.05, 0) is 44.1 Å². The Morgan fingerprint density at radius 3 is 2.74 bits per heavy atom. The van der Waals surface area contributed by atoms with Crippen LogP contribution in [0, 0.1) is 0 Å². The maximum absolute atomic E-state index is 12.7. The van der Waals surface area contributed by atoms with Gasteiger partial charge >= 0.3 is 0 Å². The predicted octanol–water partition coefficient (Wildman–Crippen LogP) is 4.03. The van der Waals surface area contributed by atoms with Crippen LogP contribution in [0.4, 0.5) is 0 Å². The molecule has 1 fully saturated rings. The lowest BCUT2D eigenvalue weighted by molar-refractivity contribution is 0.0577. The summed E-state index contributed by atoms with van der Waals surface area (Å²) in [7, 11) is 0. The van der Waals surface area contributed by atoms with Crippen molar-refractivity contribution < 1.29 is 4.79 Å². The van der Waals surface area contributed by atoms with Crippen molar-refractivity contribution in [2.75, 3.05) is 18.7 Å². The molecule has 0 atom stereocenters. The van der Waals surface area contributed by atoms with Crippen LogP contribution in [0.2, 0.25) is 0 Å². The second kappa shape index (κ2) is 7.20. The highest BCUT2D eigenvalue weighted by Crippen LogP contribution is 2.28. The molecule has 0 radical (unpaired) electrons. The Morgan fingerprint density at radius 2 is 2.16 bits per heavy atom. The lowest BCUT2D eigenvalue weighted by atomic mass is 9.91. The molecular weight excluding hydrogens is 278 g/mol. The first-order valence-corrected chi connectivity index (χ1v) is 8.53. The quantitative estimate of drug-likeness (QED) is 0.583. The first kappa shape index (κ1) is 14.7. The Kier molecular flexibility index (Phi) is 5.59. The molecule has 2 nitrogen and oxygen atoms in total. The zero-order valence-corrected chi connectivity index (χ0v) is 12.8. The molecule has 0 aromatic heterocycles. The van der Waals surface area contributed by atoms with Crippen LogP contribution in [0.15, 0.2) is 29.2 Å². The SMILES string of the molecule is CSc1ccccc1C(=O)N(CCCCl)C1CCC1. The van der Waals surface area contributed by atoms with E-state index in [4.69, 9.17) is 11.6 Å². The van der Waals surface area contributed by atoms with Crippen LogP contribution in [-0.4, -0.2) is 35.5 Å². The van der Waals surface area contributed by atoms with E-state index in [1.165, 1.54) is 6.42 Å². The summed E-state index contributed by atoms with van der Waals surface area (Å²) < 4.78 is 0. The maximum Gasteiger partial charge on any atom is 0.255 e. The van der Waals surface area contributed by atoms with Crippen LogP contribution >= 0.6 is 23.4 Å². The molecule has 0 spiro atoms. The fourth-order valence-electron chi connectivity index (χ4n) is 2.35. The average Bonchev–Trinajstić information content (AvgIpc) is 2.40. The molecule has 0 unspecified atom stereocenters. The fraction of sp³-hybridized carbons (Fsp3) is 0.533. The molecule has 0 aliphatic heterocycles. The van der Waals surface area contributed by atoms with Gasteiger partial charge in [0.15, 0.2) is 0 Å². The summed E-state index contributed by atoms with van der Waals surface area (Å²) in [5.41, 5.74) is 0.830. The summed E-state index contributed by atoms with van der Waals surface area (Å²) in [6.45, 7) is 0.774. The van der Waals surface area contributed by atoms with Gasteiger partial charge in [-0.25, -0.2) is 0 Å². The fourth-order valence-corrected chi connectivity index (χ4v) is 3.06. The second-order valence-corrected chi connectivity index (χ2v) is 6.05. The topological polar surface area (TPSA) is 20.3 Å². The molecule has 1 aliphatic carbocycles. The van der Waals surface area contributed by atoms with Gasteiger partial charge in [-0.15, -0.1) is 23.4 Å². The minimum atomic E-state index is 0.166. The van der Waals surface area contributed by atoms with Crippen LogP contribution in [-0.2, 0) is 0 Å². The molecule has 1 aromatic rings. The first-order valence-electron chi connectivity index (χ1n) is 6.78. The van der Waals surface area contributed by atoms with E-state index in [1.807, 2.05) is 35.4 Å². The lowest BCUT2D eigenvalue weighted by Gasteiger charge is -2.38. The molecule has 1 aliphatic rings. The second-order valence-electron chi connectivity index (χ2n) is 4.83. The van der Waals surface area contributed by atoms with E-state index in [0.29, 0.717) is 11.9 Å². The number of carbonyl (C=O) groups is 1. The van der Waals surface area contributed by atoms with Gasteiger partial charge in [0.1, 0.15) is 0 Å². The van der Waals surface area contributed by atoms with E-state index in [1.54, 1.807) is 11.8 Å². The van der Waals surface area contributed by atoms with Crippen LogP contribution in [0.3, 0.4) is 0 Å².